The molecule has 0 aliphatic carbocycles. The van der Waals surface area contributed by atoms with Gasteiger partial charge < -0.3 is 19.9 Å². The van der Waals surface area contributed by atoms with Crippen molar-refractivity contribution in [2.45, 2.75) is 13.2 Å². The molecule has 0 radical (unpaired) electrons. The van der Waals surface area contributed by atoms with Crippen LogP contribution in [0.25, 0.3) is 0 Å². The fourth-order valence-electron chi connectivity index (χ4n) is 1.97. The number of benzene rings is 1. The highest BCUT2D eigenvalue weighted by molar-refractivity contribution is 5.43. The van der Waals surface area contributed by atoms with Gasteiger partial charge in [0.2, 0.25) is 0 Å². The first-order valence-electron chi connectivity index (χ1n) is 6.37. The predicted molar refractivity (Wildman–Crippen MR) is 76.0 cm³/mol. The number of rotatable bonds is 6. The minimum Gasteiger partial charge on any atom is -0.493 e. The molecule has 6 heteroatoms. The van der Waals surface area contributed by atoms with Crippen LogP contribution in [0.1, 0.15) is 11.3 Å². The van der Waals surface area contributed by atoms with Gasteiger partial charge in [0, 0.05) is 24.4 Å². The minimum atomic E-state index is -0.388. The Morgan fingerprint density at radius 3 is 2.62 bits per heavy atom. The van der Waals surface area contributed by atoms with E-state index in [1.54, 1.807) is 31.5 Å². The normalized spacial score (nSPS) is 10.3. The Labute approximate surface area is 122 Å². The van der Waals surface area contributed by atoms with Gasteiger partial charge in [0.1, 0.15) is 23.9 Å². The number of nitrogens with zero attached hydrogens (tertiary/aromatic N) is 1. The van der Waals surface area contributed by atoms with Crippen LogP contribution in [0.15, 0.2) is 30.5 Å². The Morgan fingerprint density at radius 1 is 1.14 bits per heavy atom. The van der Waals surface area contributed by atoms with Crippen molar-refractivity contribution in [1.82, 2.24) is 4.98 Å². The van der Waals surface area contributed by atoms with E-state index in [-0.39, 0.29) is 19.0 Å². The molecular formula is C15H17FN2O3. The van der Waals surface area contributed by atoms with Gasteiger partial charge in [0.25, 0.3) is 0 Å². The lowest BCUT2D eigenvalue weighted by Gasteiger charge is -2.14. The molecule has 5 nitrogen and oxygen atoms in total. The average Bonchev–Trinajstić information content (AvgIpc) is 2.52. The number of ether oxygens (including phenoxy) is 3. The fourth-order valence-corrected chi connectivity index (χ4v) is 1.97. The molecule has 0 unspecified atom stereocenters. The van der Waals surface area contributed by atoms with Gasteiger partial charge in [-0.3, -0.25) is 4.98 Å². The molecule has 0 amide bonds. The van der Waals surface area contributed by atoms with Gasteiger partial charge in [-0.2, -0.15) is 0 Å². The van der Waals surface area contributed by atoms with Gasteiger partial charge >= 0.3 is 0 Å². The summed E-state index contributed by atoms with van der Waals surface area (Å²) in [4.78, 5) is 4.20. The quantitative estimate of drug-likeness (QED) is 0.884. The molecule has 0 fully saturated rings. The molecule has 112 valence electrons. The minimum absolute atomic E-state index is 0.0602. The van der Waals surface area contributed by atoms with Crippen LogP contribution in [0.2, 0.25) is 0 Å². The van der Waals surface area contributed by atoms with Gasteiger partial charge in [0.05, 0.1) is 14.2 Å². The average molecular weight is 292 g/mol. The van der Waals surface area contributed by atoms with Crippen LogP contribution < -0.4 is 19.9 Å². The zero-order valence-corrected chi connectivity index (χ0v) is 11.9. The zero-order chi connectivity index (χ0) is 15.2. The van der Waals surface area contributed by atoms with E-state index in [1.165, 1.54) is 13.2 Å². The number of hydrogen-bond acceptors (Lipinski definition) is 5. The molecule has 21 heavy (non-hydrogen) atoms. The number of aromatic nitrogens is 1. The summed E-state index contributed by atoms with van der Waals surface area (Å²) in [7, 11) is 3.07. The maximum atomic E-state index is 13.6. The van der Waals surface area contributed by atoms with Crippen molar-refractivity contribution >= 4 is 0 Å². The first kappa shape index (κ1) is 15.1. The lowest BCUT2D eigenvalue weighted by molar-refractivity contribution is 0.281. The molecule has 1 heterocycles. The molecule has 1 aromatic carbocycles. The Morgan fingerprint density at radius 2 is 1.95 bits per heavy atom. The summed E-state index contributed by atoms with van der Waals surface area (Å²) in [5, 5.41) is 0. The monoisotopic (exact) mass is 292 g/mol. The highest BCUT2D eigenvalue weighted by atomic mass is 19.1. The summed E-state index contributed by atoms with van der Waals surface area (Å²) < 4.78 is 29.7. The third-order valence-electron chi connectivity index (χ3n) is 3.01. The van der Waals surface area contributed by atoms with Crippen LogP contribution in [-0.2, 0) is 13.2 Å². The molecule has 1 aromatic heterocycles. The smallest absolute Gasteiger partial charge is 0.185 e. The molecule has 0 aliphatic rings. The summed E-state index contributed by atoms with van der Waals surface area (Å²) in [6, 6.07) is 6.27. The molecule has 0 atom stereocenters. The Kier molecular flexibility index (Phi) is 4.94. The number of nitrogens with two attached hydrogens (primary N) is 1. The first-order valence-corrected chi connectivity index (χ1v) is 6.37. The van der Waals surface area contributed by atoms with E-state index >= 15 is 0 Å². The van der Waals surface area contributed by atoms with Crippen molar-refractivity contribution in [3.63, 3.8) is 0 Å². The second-order valence-corrected chi connectivity index (χ2v) is 4.20. The van der Waals surface area contributed by atoms with E-state index in [2.05, 4.69) is 4.98 Å². The number of methoxy groups -OCH3 is 2. The lowest BCUT2D eigenvalue weighted by atomic mass is 10.2. The topological polar surface area (TPSA) is 66.6 Å². The highest BCUT2D eigenvalue weighted by Crippen LogP contribution is 2.30. The second-order valence-electron chi connectivity index (χ2n) is 4.20. The van der Waals surface area contributed by atoms with Gasteiger partial charge in [-0.15, -0.1) is 0 Å². The zero-order valence-electron chi connectivity index (χ0n) is 11.9. The molecule has 0 aliphatic heterocycles. The first-order chi connectivity index (χ1) is 10.2. The van der Waals surface area contributed by atoms with Crippen LogP contribution in [0.4, 0.5) is 4.39 Å². The SMILES string of the molecule is COc1ccnc(COc2cccc(F)c2CN)c1OC. The molecule has 0 spiro atoms. The van der Waals surface area contributed by atoms with Crippen LogP contribution >= 0.6 is 0 Å². The largest absolute Gasteiger partial charge is 0.493 e. The predicted octanol–water partition coefficient (Wildman–Crippen LogP) is 2.28. The molecular weight excluding hydrogens is 275 g/mol. The molecule has 2 rings (SSSR count). The van der Waals surface area contributed by atoms with E-state index in [1.807, 2.05) is 0 Å². The van der Waals surface area contributed by atoms with Crippen molar-refractivity contribution in [3.05, 3.63) is 47.5 Å². The van der Waals surface area contributed by atoms with Gasteiger partial charge in [-0.25, -0.2) is 4.39 Å². The summed E-state index contributed by atoms with van der Waals surface area (Å²) >= 11 is 0. The molecule has 0 saturated heterocycles. The van der Waals surface area contributed by atoms with Crippen molar-refractivity contribution in [2.75, 3.05) is 14.2 Å². The Balaban J connectivity index is 2.23. The maximum Gasteiger partial charge on any atom is 0.185 e. The fraction of sp³-hybridized carbons (Fsp3) is 0.267. The third kappa shape index (κ3) is 3.22. The summed E-state index contributed by atoms with van der Waals surface area (Å²) in [6.07, 6.45) is 1.59. The maximum absolute atomic E-state index is 13.6. The Hall–Kier alpha value is -2.34. The van der Waals surface area contributed by atoms with Gasteiger partial charge in [-0.05, 0) is 12.1 Å². The number of hydrogen-bond donors (Lipinski definition) is 1. The van der Waals surface area contributed by atoms with Gasteiger partial charge in [0.15, 0.2) is 11.5 Å². The van der Waals surface area contributed by atoms with E-state index < -0.39 is 0 Å². The van der Waals surface area contributed by atoms with Crippen LogP contribution in [0.3, 0.4) is 0 Å². The summed E-state index contributed by atoms with van der Waals surface area (Å²) in [6.45, 7) is 0.182. The third-order valence-corrected chi connectivity index (χ3v) is 3.01. The van der Waals surface area contributed by atoms with E-state index in [4.69, 9.17) is 19.9 Å². The Bertz CT molecular complexity index is 620. The van der Waals surface area contributed by atoms with Crippen LogP contribution in [0.5, 0.6) is 17.2 Å². The molecule has 0 bridgehead atoms. The summed E-state index contributed by atoms with van der Waals surface area (Å²) in [5.74, 6) is 1.06. The molecule has 0 saturated carbocycles. The van der Waals surface area contributed by atoms with Crippen molar-refractivity contribution in [3.8, 4) is 17.2 Å². The van der Waals surface area contributed by atoms with E-state index in [0.29, 0.717) is 28.5 Å². The van der Waals surface area contributed by atoms with Crippen LogP contribution in [-0.4, -0.2) is 19.2 Å². The number of halogens is 1. The van der Waals surface area contributed by atoms with Crippen molar-refractivity contribution in [2.24, 2.45) is 5.73 Å². The van der Waals surface area contributed by atoms with Crippen molar-refractivity contribution < 1.29 is 18.6 Å². The standard InChI is InChI=1S/C15H17FN2O3/c1-19-14-6-7-18-12(15(14)20-2)9-21-13-5-3-4-11(16)10(13)8-17/h3-7H,8-9,17H2,1-2H3. The van der Waals surface area contributed by atoms with Crippen molar-refractivity contribution in [1.29, 1.82) is 0 Å². The molecule has 2 N–H and O–H groups in total. The van der Waals surface area contributed by atoms with Gasteiger partial charge in [-0.1, -0.05) is 6.07 Å². The number of pyridine rings is 1. The second kappa shape index (κ2) is 6.90. The highest BCUT2D eigenvalue weighted by Gasteiger charge is 2.13. The molecule has 2 aromatic rings. The van der Waals surface area contributed by atoms with E-state index in [9.17, 15) is 4.39 Å². The lowest BCUT2D eigenvalue weighted by Crippen LogP contribution is -2.07. The van der Waals surface area contributed by atoms with Crippen LogP contribution in [0, 0.1) is 5.82 Å². The van der Waals surface area contributed by atoms with E-state index in [0.717, 1.165) is 0 Å². The summed E-state index contributed by atoms with van der Waals surface area (Å²) in [5.41, 5.74) is 6.43.